The number of nitrogens with one attached hydrogen (secondary N) is 1. The highest BCUT2D eigenvalue weighted by atomic mass is 79.9. The van der Waals surface area contributed by atoms with Crippen molar-refractivity contribution in [1.82, 2.24) is 10.2 Å². The van der Waals surface area contributed by atoms with Crippen LogP contribution in [0, 0.1) is 0 Å². The van der Waals surface area contributed by atoms with Crippen LogP contribution in [0.15, 0.2) is 28.7 Å². The van der Waals surface area contributed by atoms with Crippen molar-refractivity contribution < 1.29 is 5.11 Å². The van der Waals surface area contributed by atoms with Gasteiger partial charge in [0.2, 0.25) is 0 Å². The van der Waals surface area contributed by atoms with Crippen molar-refractivity contribution >= 4 is 15.9 Å². The molecule has 1 aliphatic heterocycles. The smallest absolute Gasteiger partial charge is 0.0599 e. The van der Waals surface area contributed by atoms with E-state index in [-0.39, 0.29) is 12.6 Å². The molecule has 1 fully saturated rings. The molecule has 2 rings (SSSR count). The highest BCUT2D eigenvalue weighted by Gasteiger charge is 2.20. The van der Waals surface area contributed by atoms with Crippen LogP contribution < -0.4 is 5.32 Å². The fourth-order valence-corrected chi connectivity index (χ4v) is 2.28. The van der Waals surface area contributed by atoms with Gasteiger partial charge < -0.3 is 10.4 Å². The van der Waals surface area contributed by atoms with Crippen LogP contribution in [-0.4, -0.2) is 42.3 Å². The zero-order valence-electron chi connectivity index (χ0n) is 9.19. The summed E-state index contributed by atoms with van der Waals surface area (Å²) in [6.45, 7) is 4.03. The van der Waals surface area contributed by atoms with Crippen LogP contribution in [0.3, 0.4) is 0 Å². The first-order valence-electron chi connectivity index (χ1n) is 5.59. The van der Waals surface area contributed by atoms with Gasteiger partial charge in [0.05, 0.1) is 6.61 Å². The molecule has 1 saturated heterocycles. The van der Waals surface area contributed by atoms with Gasteiger partial charge in [-0.25, -0.2) is 0 Å². The van der Waals surface area contributed by atoms with Crippen LogP contribution >= 0.6 is 15.9 Å². The molecule has 0 amide bonds. The van der Waals surface area contributed by atoms with E-state index >= 15 is 0 Å². The topological polar surface area (TPSA) is 35.5 Å². The number of rotatable bonds is 3. The second kappa shape index (κ2) is 5.77. The maximum atomic E-state index is 9.29. The van der Waals surface area contributed by atoms with E-state index in [1.54, 1.807) is 0 Å². The third-order valence-electron chi connectivity index (χ3n) is 2.98. The summed E-state index contributed by atoms with van der Waals surface area (Å²) >= 11 is 3.43. The Bertz CT molecular complexity index is 328. The SMILES string of the molecule is OCC1CNCCN1Cc1ccc(Br)cc1. The first-order chi connectivity index (χ1) is 7.79. The number of piperazine rings is 1. The Balaban J connectivity index is 1.99. The van der Waals surface area contributed by atoms with Crippen molar-refractivity contribution in [2.75, 3.05) is 26.2 Å². The second-order valence-corrected chi connectivity index (χ2v) is 5.05. The lowest BCUT2D eigenvalue weighted by Gasteiger charge is -2.35. The predicted molar refractivity (Wildman–Crippen MR) is 68.3 cm³/mol. The normalized spacial score (nSPS) is 22.2. The molecule has 0 spiro atoms. The molecular weight excluding hydrogens is 268 g/mol. The molecule has 0 aromatic heterocycles. The second-order valence-electron chi connectivity index (χ2n) is 4.14. The van der Waals surface area contributed by atoms with Crippen molar-refractivity contribution in [2.45, 2.75) is 12.6 Å². The minimum Gasteiger partial charge on any atom is -0.395 e. The molecule has 1 atom stereocenters. The van der Waals surface area contributed by atoms with Gasteiger partial charge in [0.25, 0.3) is 0 Å². The average molecular weight is 285 g/mol. The van der Waals surface area contributed by atoms with E-state index in [0.29, 0.717) is 0 Å². The van der Waals surface area contributed by atoms with Crippen molar-refractivity contribution in [1.29, 1.82) is 0 Å². The first kappa shape index (κ1) is 12.0. The number of aliphatic hydroxyl groups is 1. The Kier molecular flexibility index (Phi) is 4.35. The molecule has 1 aromatic carbocycles. The summed E-state index contributed by atoms with van der Waals surface area (Å²) in [5.41, 5.74) is 1.29. The quantitative estimate of drug-likeness (QED) is 0.876. The summed E-state index contributed by atoms with van der Waals surface area (Å²) < 4.78 is 1.11. The molecule has 2 N–H and O–H groups in total. The van der Waals surface area contributed by atoms with Gasteiger partial charge in [-0.05, 0) is 17.7 Å². The van der Waals surface area contributed by atoms with E-state index in [2.05, 4.69) is 50.4 Å². The Labute approximate surface area is 105 Å². The van der Waals surface area contributed by atoms with Crippen molar-refractivity contribution in [3.05, 3.63) is 34.3 Å². The Morgan fingerprint density at radius 1 is 1.38 bits per heavy atom. The van der Waals surface area contributed by atoms with Gasteiger partial charge in [0.15, 0.2) is 0 Å². The monoisotopic (exact) mass is 284 g/mol. The van der Waals surface area contributed by atoms with Crippen molar-refractivity contribution in [3.8, 4) is 0 Å². The Morgan fingerprint density at radius 3 is 2.81 bits per heavy atom. The van der Waals surface area contributed by atoms with Crippen LogP contribution in [0.2, 0.25) is 0 Å². The van der Waals surface area contributed by atoms with Gasteiger partial charge in [-0.3, -0.25) is 4.90 Å². The van der Waals surface area contributed by atoms with E-state index in [4.69, 9.17) is 0 Å². The molecule has 0 saturated carbocycles. The van der Waals surface area contributed by atoms with Gasteiger partial charge in [-0.15, -0.1) is 0 Å². The summed E-state index contributed by atoms with van der Waals surface area (Å²) in [6, 6.07) is 8.62. The zero-order valence-corrected chi connectivity index (χ0v) is 10.8. The summed E-state index contributed by atoms with van der Waals surface area (Å²) in [5.74, 6) is 0. The van der Waals surface area contributed by atoms with Crippen LogP contribution in [0.5, 0.6) is 0 Å². The Hall–Kier alpha value is -0.420. The number of halogens is 1. The van der Waals surface area contributed by atoms with Crippen LogP contribution in [0.4, 0.5) is 0 Å². The fraction of sp³-hybridized carbons (Fsp3) is 0.500. The summed E-state index contributed by atoms with van der Waals surface area (Å²) in [5, 5.41) is 12.6. The number of hydrogen-bond donors (Lipinski definition) is 2. The molecule has 1 aromatic rings. The van der Waals surface area contributed by atoms with E-state index < -0.39 is 0 Å². The largest absolute Gasteiger partial charge is 0.395 e. The van der Waals surface area contributed by atoms with E-state index in [1.165, 1.54) is 5.56 Å². The van der Waals surface area contributed by atoms with Crippen molar-refractivity contribution in [2.24, 2.45) is 0 Å². The number of nitrogens with zero attached hydrogens (tertiary/aromatic N) is 1. The molecule has 0 aliphatic carbocycles. The number of hydrogen-bond acceptors (Lipinski definition) is 3. The maximum Gasteiger partial charge on any atom is 0.0599 e. The lowest BCUT2D eigenvalue weighted by atomic mass is 10.1. The van der Waals surface area contributed by atoms with Crippen LogP contribution in [0.25, 0.3) is 0 Å². The highest BCUT2D eigenvalue weighted by Crippen LogP contribution is 2.14. The van der Waals surface area contributed by atoms with Gasteiger partial charge in [0.1, 0.15) is 0 Å². The number of benzene rings is 1. The molecule has 0 radical (unpaired) electrons. The average Bonchev–Trinajstić information content (AvgIpc) is 2.33. The third kappa shape index (κ3) is 3.04. The molecule has 4 heteroatoms. The molecule has 3 nitrogen and oxygen atoms in total. The summed E-state index contributed by atoms with van der Waals surface area (Å²) in [6.07, 6.45) is 0. The zero-order chi connectivity index (χ0) is 11.4. The standard InChI is InChI=1S/C12H17BrN2O/c13-11-3-1-10(2-4-11)8-15-6-5-14-7-12(15)9-16/h1-4,12,14,16H,5-9H2. The molecule has 1 aliphatic rings. The first-order valence-corrected chi connectivity index (χ1v) is 6.39. The molecule has 16 heavy (non-hydrogen) atoms. The molecule has 1 heterocycles. The number of aliphatic hydroxyl groups excluding tert-OH is 1. The minimum atomic E-state index is 0.226. The van der Waals surface area contributed by atoms with Gasteiger partial charge >= 0.3 is 0 Å². The molecule has 0 bridgehead atoms. The Morgan fingerprint density at radius 2 is 2.12 bits per heavy atom. The molecule has 1 unspecified atom stereocenters. The highest BCUT2D eigenvalue weighted by molar-refractivity contribution is 9.10. The lowest BCUT2D eigenvalue weighted by Crippen LogP contribution is -2.52. The van der Waals surface area contributed by atoms with Crippen molar-refractivity contribution in [3.63, 3.8) is 0 Å². The minimum absolute atomic E-state index is 0.226. The van der Waals surface area contributed by atoms with Gasteiger partial charge in [0, 0.05) is 36.7 Å². The van der Waals surface area contributed by atoms with E-state index in [9.17, 15) is 5.11 Å². The third-order valence-corrected chi connectivity index (χ3v) is 3.51. The van der Waals surface area contributed by atoms with E-state index in [0.717, 1.165) is 30.7 Å². The lowest BCUT2D eigenvalue weighted by molar-refractivity contribution is 0.0946. The van der Waals surface area contributed by atoms with E-state index in [1.807, 2.05) is 0 Å². The molecule has 88 valence electrons. The fourth-order valence-electron chi connectivity index (χ4n) is 2.02. The summed E-state index contributed by atoms with van der Waals surface area (Å²) in [7, 11) is 0. The maximum absolute atomic E-state index is 9.29. The molecular formula is C12H17BrN2O. The van der Waals surface area contributed by atoms with Crippen LogP contribution in [-0.2, 0) is 6.54 Å². The summed E-state index contributed by atoms with van der Waals surface area (Å²) in [4.78, 5) is 2.33. The van der Waals surface area contributed by atoms with Gasteiger partial charge in [-0.2, -0.15) is 0 Å². The van der Waals surface area contributed by atoms with Crippen LogP contribution in [0.1, 0.15) is 5.56 Å². The predicted octanol–water partition coefficient (Wildman–Crippen LogP) is 1.22. The van der Waals surface area contributed by atoms with Gasteiger partial charge in [-0.1, -0.05) is 28.1 Å².